The van der Waals surface area contributed by atoms with Crippen molar-refractivity contribution in [2.75, 3.05) is 10.6 Å². The predicted molar refractivity (Wildman–Crippen MR) is 75.5 cm³/mol. The number of amides is 2. The highest BCUT2D eigenvalue weighted by Crippen LogP contribution is 2.10. The van der Waals surface area contributed by atoms with Crippen molar-refractivity contribution in [2.45, 2.75) is 13.8 Å². The van der Waals surface area contributed by atoms with Gasteiger partial charge < -0.3 is 10.6 Å². The third kappa shape index (κ3) is 3.61. The van der Waals surface area contributed by atoms with Gasteiger partial charge in [0.1, 0.15) is 11.6 Å². The molecule has 2 N–H and O–H groups in total. The number of nitrogens with one attached hydrogen (secondary N) is 2. The molecule has 2 amide bonds. The van der Waals surface area contributed by atoms with Crippen molar-refractivity contribution in [1.29, 1.82) is 0 Å². The Bertz CT molecular complexity index is 638. The van der Waals surface area contributed by atoms with Crippen molar-refractivity contribution in [3.63, 3.8) is 0 Å². The molecule has 20 heavy (non-hydrogen) atoms. The fraction of sp³-hybridized carbons (Fsp3) is 0.143. The number of hydrogen-bond acceptors (Lipinski definition) is 4. The minimum absolute atomic E-state index is 0.241. The number of nitrogens with zero attached hydrogens (tertiary/aromatic N) is 2. The summed E-state index contributed by atoms with van der Waals surface area (Å²) in [7, 11) is 0. The van der Waals surface area contributed by atoms with E-state index in [0.29, 0.717) is 17.2 Å². The lowest BCUT2D eigenvalue weighted by Crippen LogP contribution is -2.14. The van der Waals surface area contributed by atoms with E-state index in [1.165, 1.54) is 19.2 Å². The Morgan fingerprint density at radius 3 is 2.50 bits per heavy atom. The van der Waals surface area contributed by atoms with Crippen LogP contribution >= 0.6 is 0 Å². The highest BCUT2D eigenvalue weighted by molar-refractivity contribution is 6.04. The maximum absolute atomic E-state index is 12.0. The van der Waals surface area contributed by atoms with Gasteiger partial charge in [0.05, 0.1) is 0 Å². The molecule has 0 saturated carbocycles. The molecular weight excluding hydrogens is 256 g/mol. The Morgan fingerprint density at radius 1 is 1.05 bits per heavy atom. The highest BCUT2D eigenvalue weighted by atomic mass is 16.2. The molecule has 0 aliphatic carbocycles. The lowest BCUT2D eigenvalue weighted by molar-refractivity contribution is -0.114. The summed E-state index contributed by atoms with van der Waals surface area (Å²) < 4.78 is 0. The van der Waals surface area contributed by atoms with E-state index < -0.39 is 0 Å². The molecule has 2 heterocycles. The molecule has 0 spiro atoms. The summed E-state index contributed by atoms with van der Waals surface area (Å²) in [6.45, 7) is 3.30. The van der Waals surface area contributed by atoms with Gasteiger partial charge in [-0.25, -0.2) is 9.97 Å². The summed E-state index contributed by atoms with van der Waals surface area (Å²) in [6.07, 6.45) is 3.13. The average Bonchev–Trinajstić information content (AvgIpc) is 2.41. The summed E-state index contributed by atoms with van der Waals surface area (Å²) in [4.78, 5) is 31.1. The van der Waals surface area contributed by atoms with Crippen LogP contribution in [0, 0.1) is 6.92 Å². The standard InChI is InChI=1S/C14H14N4O2/c1-9-3-4-12(16-8-9)18-14(20)11-5-6-15-13(7-11)17-10(2)19/h3-8H,1-2H3,(H,15,17,19)(H,16,18,20). The molecule has 0 aliphatic rings. The number of hydrogen-bond donors (Lipinski definition) is 2. The van der Waals surface area contributed by atoms with Gasteiger partial charge in [0.15, 0.2) is 0 Å². The number of carbonyl (C=O) groups is 2. The van der Waals surface area contributed by atoms with Gasteiger partial charge in [-0.2, -0.15) is 0 Å². The van der Waals surface area contributed by atoms with Gasteiger partial charge in [0, 0.05) is 24.9 Å². The largest absolute Gasteiger partial charge is 0.311 e. The molecule has 2 aromatic rings. The zero-order valence-corrected chi connectivity index (χ0v) is 11.2. The van der Waals surface area contributed by atoms with Gasteiger partial charge in [-0.1, -0.05) is 6.07 Å². The highest BCUT2D eigenvalue weighted by Gasteiger charge is 2.08. The first kappa shape index (κ1) is 13.7. The number of pyridine rings is 2. The molecule has 6 nitrogen and oxygen atoms in total. The Balaban J connectivity index is 2.12. The van der Waals surface area contributed by atoms with Crippen LogP contribution in [0.4, 0.5) is 11.6 Å². The maximum Gasteiger partial charge on any atom is 0.257 e. The Morgan fingerprint density at radius 2 is 1.85 bits per heavy atom. The number of aromatic nitrogens is 2. The van der Waals surface area contributed by atoms with E-state index in [4.69, 9.17) is 0 Å². The predicted octanol–water partition coefficient (Wildman–Crippen LogP) is 2.00. The van der Waals surface area contributed by atoms with Crippen LogP contribution in [-0.2, 0) is 4.79 Å². The van der Waals surface area contributed by atoms with Crippen LogP contribution in [0.3, 0.4) is 0 Å². The topological polar surface area (TPSA) is 84.0 Å². The summed E-state index contributed by atoms with van der Waals surface area (Å²) in [5.74, 6) is 0.256. The van der Waals surface area contributed by atoms with Crippen LogP contribution in [0.1, 0.15) is 22.8 Å². The van der Waals surface area contributed by atoms with E-state index in [1.54, 1.807) is 18.3 Å². The number of anilines is 2. The molecule has 0 saturated heterocycles. The Labute approximate surface area is 116 Å². The summed E-state index contributed by atoms with van der Waals surface area (Å²) in [5.41, 5.74) is 1.41. The van der Waals surface area contributed by atoms with E-state index in [1.807, 2.05) is 13.0 Å². The van der Waals surface area contributed by atoms with Crippen LogP contribution in [0.2, 0.25) is 0 Å². The molecule has 0 aliphatic heterocycles. The van der Waals surface area contributed by atoms with E-state index in [-0.39, 0.29) is 11.8 Å². The summed E-state index contributed by atoms with van der Waals surface area (Å²) in [6, 6.07) is 6.65. The summed E-state index contributed by atoms with van der Waals surface area (Å²) >= 11 is 0. The van der Waals surface area contributed by atoms with Crippen molar-refractivity contribution < 1.29 is 9.59 Å². The van der Waals surface area contributed by atoms with Crippen LogP contribution in [0.25, 0.3) is 0 Å². The molecule has 2 aromatic heterocycles. The van der Waals surface area contributed by atoms with E-state index in [2.05, 4.69) is 20.6 Å². The molecular formula is C14H14N4O2. The molecule has 2 rings (SSSR count). The molecule has 0 radical (unpaired) electrons. The van der Waals surface area contributed by atoms with Crippen LogP contribution in [0.15, 0.2) is 36.7 Å². The minimum atomic E-state index is -0.310. The second kappa shape index (κ2) is 5.92. The first-order valence-corrected chi connectivity index (χ1v) is 6.02. The SMILES string of the molecule is CC(=O)Nc1cc(C(=O)Nc2ccc(C)cn2)ccn1. The fourth-order valence-corrected chi connectivity index (χ4v) is 1.55. The molecule has 0 atom stereocenters. The van der Waals surface area contributed by atoms with Gasteiger partial charge in [-0.05, 0) is 30.7 Å². The number of carbonyl (C=O) groups excluding carboxylic acids is 2. The quantitative estimate of drug-likeness (QED) is 0.893. The maximum atomic E-state index is 12.0. The Hall–Kier alpha value is -2.76. The van der Waals surface area contributed by atoms with Gasteiger partial charge in [0.25, 0.3) is 5.91 Å². The van der Waals surface area contributed by atoms with Crippen LogP contribution in [-0.4, -0.2) is 21.8 Å². The smallest absolute Gasteiger partial charge is 0.257 e. The summed E-state index contributed by atoms with van der Waals surface area (Å²) in [5, 5.41) is 5.20. The minimum Gasteiger partial charge on any atom is -0.311 e. The first-order chi connectivity index (χ1) is 9.54. The molecule has 6 heteroatoms. The van der Waals surface area contributed by atoms with E-state index in [9.17, 15) is 9.59 Å². The van der Waals surface area contributed by atoms with Gasteiger partial charge >= 0.3 is 0 Å². The number of aryl methyl sites for hydroxylation is 1. The second-order valence-electron chi connectivity index (χ2n) is 4.29. The Kier molecular flexibility index (Phi) is 4.05. The molecule has 0 fully saturated rings. The normalized spacial score (nSPS) is 9.90. The van der Waals surface area contributed by atoms with E-state index in [0.717, 1.165) is 5.56 Å². The van der Waals surface area contributed by atoms with Gasteiger partial charge in [0.2, 0.25) is 5.91 Å². The van der Waals surface area contributed by atoms with Crippen molar-refractivity contribution in [3.05, 3.63) is 47.8 Å². The first-order valence-electron chi connectivity index (χ1n) is 6.02. The van der Waals surface area contributed by atoms with Crippen molar-refractivity contribution in [1.82, 2.24) is 9.97 Å². The third-order valence-corrected chi connectivity index (χ3v) is 2.48. The van der Waals surface area contributed by atoms with E-state index >= 15 is 0 Å². The van der Waals surface area contributed by atoms with Crippen molar-refractivity contribution >= 4 is 23.5 Å². The molecule has 0 bridgehead atoms. The van der Waals surface area contributed by atoms with Gasteiger partial charge in [-0.15, -0.1) is 0 Å². The van der Waals surface area contributed by atoms with Crippen LogP contribution in [0.5, 0.6) is 0 Å². The molecule has 0 aromatic carbocycles. The zero-order valence-electron chi connectivity index (χ0n) is 11.2. The lowest BCUT2D eigenvalue weighted by atomic mass is 10.2. The van der Waals surface area contributed by atoms with Crippen molar-refractivity contribution in [2.24, 2.45) is 0 Å². The third-order valence-electron chi connectivity index (χ3n) is 2.48. The fourth-order valence-electron chi connectivity index (χ4n) is 1.55. The van der Waals surface area contributed by atoms with Crippen LogP contribution < -0.4 is 10.6 Å². The molecule has 0 unspecified atom stereocenters. The molecule has 102 valence electrons. The monoisotopic (exact) mass is 270 g/mol. The zero-order chi connectivity index (χ0) is 14.5. The number of rotatable bonds is 3. The van der Waals surface area contributed by atoms with Gasteiger partial charge in [-0.3, -0.25) is 9.59 Å². The van der Waals surface area contributed by atoms with Crippen molar-refractivity contribution in [3.8, 4) is 0 Å². The average molecular weight is 270 g/mol. The second-order valence-corrected chi connectivity index (χ2v) is 4.29. The lowest BCUT2D eigenvalue weighted by Gasteiger charge is -2.06.